The predicted molar refractivity (Wildman–Crippen MR) is 156 cm³/mol. The molecule has 2 amide bonds. The Morgan fingerprint density at radius 3 is 2.42 bits per heavy atom. The summed E-state index contributed by atoms with van der Waals surface area (Å²) in [4.78, 5) is 35.7. The van der Waals surface area contributed by atoms with Crippen molar-refractivity contribution in [2.75, 3.05) is 19.6 Å². The number of carbonyl (C=O) groups excluding carboxylic acids is 2. The summed E-state index contributed by atoms with van der Waals surface area (Å²) < 4.78 is 1.88. The van der Waals surface area contributed by atoms with Gasteiger partial charge in [-0.25, -0.2) is 4.99 Å². The molecule has 202 valence electrons. The molecule has 4 aromatic rings. The Balaban J connectivity index is 1.19. The van der Waals surface area contributed by atoms with Gasteiger partial charge >= 0.3 is 0 Å². The van der Waals surface area contributed by atoms with E-state index in [0.29, 0.717) is 24.8 Å². The van der Waals surface area contributed by atoms with Crippen LogP contribution in [0.15, 0.2) is 84.0 Å². The maximum absolute atomic E-state index is 14.1. The van der Waals surface area contributed by atoms with Gasteiger partial charge in [-0.3, -0.25) is 19.2 Å². The van der Waals surface area contributed by atoms with Crippen LogP contribution in [0.2, 0.25) is 0 Å². The van der Waals surface area contributed by atoms with Crippen LogP contribution in [0, 0.1) is 11.8 Å². The third-order valence-electron chi connectivity index (χ3n) is 8.77. The van der Waals surface area contributed by atoms with Crippen molar-refractivity contribution in [3.63, 3.8) is 0 Å². The number of rotatable bonds is 6. The number of likely N-dealkylation sites (tertiary alicyclic amines) is 1. The van der Waals surface area contributed by atoms with E-state index in [1.54, 1.807) is 0 Å². The second kappa shape index (κ2) is 9.44. The zero-order chi connectivity index (χ0) is 27.4. The Labute approximate surface area is 234 Å². The molecule has 7 heteroatoms. The second-order valence-electron chi connectivity index (χ2n) is 11.6. The monoisotopic (exact) mass is 531 g/mol. The van der Waals surface area contributed by atoms with Crippen molar-refractivity contribution < 1.29 is 9.59 Å². The van der Waals surface area contributed by atoms with Gasteiger partial charge < -0.3 is 4.90 Å². The van der Waals surface area contributed by atoms with Crippen LogP contribution in [-0.2, 0) is 22.2 Å². The number of fused-ring (bicyclic) bond motifs is 1. The first-order chi connectivity index (χ1) is 19.4. The molecule has 1 aliphatic carbocycles. The van der Waals surface area contributed by atoms with Crippen LogP contribution in [0.5, 0.6) is 0 Å². The molecule has 1 unspecified atom stereocenters. The molecule has 0 spiro atoms. The molecular weight excluding hydrogens is 498 g/mol. The molecule has 3 aromatic carbocycles. The van der Waals surface area contributed by atoms with Gasteiger partial charge in [0.05, 0.1) is 11.7 Å². The number of aryl methyl sites for hydroxylation is 1. The standard InChI is InChI=1S/C33H33N5O2/c1-33(28-6-4-3-5-7-28)32(40)38(21-22-16-17-37(20-22)31(39)25-12-13-25)30(35-33)24-10-8-23(9-11-24)26-14-15-29-27(18-26)19-34-36(29)2/h3-11,14-15,18-19,22,25H,12-13,16-17,20-21H2,1-2H3/t22-,33?/m1/s1. The first kappa shape index (κ1) is 24.8. The Hall–Kier alpha value is -4.26. The van der Waals surface area contributed by atoms with Gasteiger partial charge in [0.1, 0.15) is 5.84 Å². The van der Waals surface area contributed by atoms with Crippen LogP contribution < -0.4 is 0 Å². The lowest BCUT2D eigenvalue weighted by molar-refractivity contribution is -0.131. The minimum atomic E-state index is -0.983. The van der Waals surface area contributed by atoms with Crippen molar-refractivity contribution in [1.82, 2.24) is 19.6 Å². The maximum Gasteiger partial charge on any atom is 0.260 e. The van der Waals surface area contributed by atoms with E-state index in [4.69, 9.17) is 4.99 Å². The summed E-state index contributed by atoms with van der Waals surface area (Å²) in [5.74, 6) is 1.45. The average molecular weight is 532 g/mol. The quantitative estimate of drug-likeness (QED) is 0.352. The van der Waals surface area contributed by atoms with E-state index >= 15 is 0 Å². The summed E-state index contributed by atoms with van der Waals surface area (Å²) in [5, 5.41) is 5.46. The highest BCUT2D eigenvalue weighted by Gasteiger charge is 2.47. The summed E-state index contributed by atoms with van der Waals surface area (Å²) in [7, 11) is 1.95. The molecule has 0 bridgehead atoms. The molecule has 0 radical (unpaired) electrons. The lowest BCUT2D eigenvalue weighted by Gasteiger charge is -2.26. The largest absolute Gasteiger partial charge is 0.342 e. The van der Waals surface area contributed by atoms with Crippen molar-refractivity contribution in [3.8, 4) is 11.1 Å². The molecular formula is C33H33N5O2. The molecule has 3 heterocycles. The molecule has 7 rings (SSSR count). The average Bonchev–Trinajstić information content (AvgIpc) is 3.55. The minimum absolute atomic E-state index is 0.00762. The highest BCUT2D eigenvalue weighted by atomic mass is 16.2. The summed E-state index contributed by atoms with van der Waals surface area (Å²) in [6.07, 6.45) is 4.83. The number of nitrogens with zero attached hydrogens (tertiary/aromatic N) is 5. The molecule has 0 N–H and O–H groups in total. The lowest BCUT2D eigenvalue weighted by atomic mass is 9.92. The fraction of sp³-hybridized carbons (Fsp3) is 0.333. The zero-order valence-corrected chi connectivity index (χ0v) is 23.0. The first-order valence-electron chi connectivity index (χ1n) is 14.2. The van der Waals surface area contributed by atoms with Gasteiger partial charge in [0.2, 0.25) is 5.91 Å². The van der Waals surface area contributed by atoms with Gasteiger partial charge in [0, 0.05) is 43.5 Å². The molecule has 7 nitrogen and oxygen atoms in total. The summed E-state index contributed by atoms with van der Waals surface area (Å²) in [5.41, 5.74) is 4.14. The van der Waals surface area contributed by atoms with Crippen LogP contribution in [0.3, 0.4) is 0 Å². The van der Waals surface area contributed by atoms with E-state index in [2.05, 4.69) is 47.6 Å². The van der Waals surface area contributed by atoms with Crippen molar-refractivity contribution in [2.24, 2.45) is 23.9 Å². The van der Waals surface area contributed by atoms with E-state index in [9.17, 15) is 9.59 Å². The Kier molecular flexibility index (Phi) is 5.84. The Morgan fingerprint density at radius 1 is 0.950 bits per heavy atom. The fourth-order valence-electron chi connectivity index (χ4n) is 6.20. The minimum Gasteiger partial charge on any atom is -0.342 e. The van der Waals surface area contributed by atoms with Crippen molar-refractivity contribution in [2.45, 2.75) is 31.7 Å². The first-order valence-corrected chi connectivity index (χ1v) is 14.2. The van der Waals surface area contributed by atoms with Gasteiger partial charge in [0.15, 0.2) is 5.54 Å². The number of benzene rings is 3. The fourth-order valence-corrected chi connectivity index (χ4v) is 6.20. The molecule has 1 saturated heterocycles. The number of aliphatic imine (C=N–C) groups is 1. The van der Waals surface area contributed by atoms with Crippen molar-refractivity contribution >= 4 is 28.6 Å². The lowest BCUT2D eigenvalue weighted by Crippen LogP contribution is -2.43. The van der Waals surface area contributed by atoms with Crippen LogP contribution in [0.25, 0.3) is 22.0 Å². The van der Waals surface area contributed by atoms with E-state index in [1.165, 1.54) is 0 Å². The molecule has 1 aromatic heterocycles. The SMILES string of the molecule is Cn1ncc2cc(-c3ccc(C4=NC(C)(c5ccccc5)C(=O)N4C[C@@H]4CCN(C(=O)C5CC5)C4)cc3)ccc21. The third-order valence-corrected chi connectivity index (χ3v) is 8.77. The topological polar surface area (TPSA) is 70.8 Å². The smallest absolute Gasteiger partial charge is 0.260 e. The summed E-state index contributed by atoms with van der Waals surface area (Å²) in [6.45, 7) is 3.97. The highest BCUT2D eigenvalue weighted by molar-refractivity contribution is 6.15. The van der Waals surface area contributed by atoms with Gasteiger partial charge in [-0.15, -0.1) is 0 Å². The second-order valence-corrected chi connectivity index (χ2v) is 11.6. The summed E-state index contributed by atoms with van der Waals surface area (Å²) >= 11 is 0. The van der Waals surface area contributed by atoms with Crippen molar-refractivity contribution in [1.29, 1.82) is 0 Å². The maximum atomic E-state index is 14.1. The summed E-state index contributed by atoms with van der Waals surface area (Å²) in [6, 6.07) is 24.5. The molecule has 2 aliphatic heterocycles. The number of carbonyl (C=O) groups is 2. The molecule has 2 fully saturated rings. The van der Waals surface area contributed by atoms with Gasteiger partial charge in [-0.2, -0.15) is 5.10 Å². The van der Waals surface area contributed by atoms with Crippen molar-refractivity contribution in [3.05, 3.63) is 90.1 Å². The van der Waals surface area contributed by atoms with E-state index < -0.39 is 5.54 Å². The third kappa shape index (κ3) is 4.21. The number of amides is 2. The Morgan fingerprint density at radius 2 is 1.68 bits per heavy atom. The number of amidine groups is 1. The highest BCUT2D eigenvalue weighted by Crippen LogP contribution is 2.37. The van der Waals surface area contributed by atoms with E-state index in [-0.39, 0.29) is 17.7 Å². The molecule has 40 heavy (non-hydrogen) atoms. The zero-order valence-electron chi connectivity index (χ0n) is 23.0. The van der Waals surface area contributed by atoms with Crippen LogP contribution >= 0.6 is 0 Å². The predicted octanol–water partition coefficient (Wildman–Crippen LogP) is 5.00. The van der Waals surface area contributed by atoms with Crippen LogP contribution in [0.4, 0.5) is 0 Å². The van der Waals surface area contributed by atoms with E-state index in [1.807, 2.05) is 65.0 Å². The van der Waals surface area contributed by atoms with Crippen LogP contribution in [0.1, 0.15) is 37.3 Å². The molecule has 2 atom stereocenters. The Bertz CT molecular complexity index is 1640. The van der Waals surface area contributed by atoms with Gasteiger partial charge in [-0.1, -0.05) is 60.7 Å². The normalized spacial score (nSPS) is 22.8. The van der Waals surface area contributed by atoms with Gasteiger partial charge in [0.25, 0.3) is 5.91 Å². The number of hydrogen-bond donors (Lipinski definition) is 0. The van der Waals surface area contributed by atoms with E-state index in [0.717, 1.165) is 59.0 Å². The molecule has 1 saturated carbocycles. The molecule has 3 aliphatic rings. The van der Waals surface area contributed by atoms with Gasteiger partial charge in [-0.05, 0) is 60.9 Å². The number of aromatic nitrogens is 2. The van der Waals surface area contributed by atoms with Crippen LogP contribution in [-0.4, -0.2) is 56.9 Å². The number of hydrogen-bond acceptors (Lipinski definition) is 4.